The molecule has 0 aliphatic carbocycles. The number of nitrogens with one attached hydrogen (secondary N) is 1. The molecule has 0 aliphatic rings. The summed E-state index contributed by atoms with van der Waals surface area (Å²) in [5.41, 5.74) is -1.31. The maximum absolute atomic E-state index is 13.3. The molecule has 0 aliphatic heterocycles. The molecule has 2 aromatic heterocycles. The lowest BCUT2D eigenvalue weighted by molar-refractivity contribution is 0.0632. The van der Waals surface area contributed by atoms with Crippen molar-refractivity contribution in [3.63, 3.8) is 0 Å². The summed E-state index contributed by atoms with van der Waals surface area (Å²) in [5.74, 6) is -3.46. The number of carboxylic acids is 1. The number of aromatic carboxylic acids is 1. The van der Waals surface area contributed by atoms with Crippen LogP contribution in [0.1, 0.15) is 31.3 Å². The van der Waals surface area contributed by atoms with Gasteiger partial charge in [0, 0.05) is 12.4 Å². The smallest absolute Gasteiger partial charge is 0.413 e. The van der Waals surface area contributed by atoms with Crippen LogP contribution >= 0.6 is 23.2 Å². The number of amides is 1. The minimum Gasteiger partial charge on any atom is -0.476 e. The average Bonchev–Trinajstić information content (AvgIpc) is 2.53. The number of hydrogen-bond donors (Lipinski definition) is 2. The third kappa shape index (κ3) is 7.32. The highest BCUT2D eigenvalue weighted by Crippen LogP contribution is 2.20. The number of carboxylic acid groups (broad SMARTS) is 1. The standard InChI is InChI=1S/C10H12ClFN2O2.C6H3ClFNO2/c1-10(2,3)16-9(15)14-8-7(12)6(11)4-5-13-8;7-3-1-2-9-5(4(3)8)6(10)11/h4-5H,1-3H3,(H,13,14,15);1-2H,(H,10,11). The molecule has 0 spiro atoms. The van der Waals surface area contributed by atoms with Crippen LogP contribution in [0, 0.1) is 11.6 Å². The molecule has 146 valence electrons. The van der Waals surface area contributed by atoms with Crippen LogP contribution < -0.4 is 5.32 Å². The maximum Gasteiger partial charge on any atom is 0.413 e. The third-order valence-corrected chi connectivity index (χ3v) is 3.09. The Balaban J connectivity index is 0.000000289. The van der Waals surface area contributed by atoms with E-state index in [1.54, 1.807) is 20.8 Å². The van der Waals surface area contributed by atoms with Crippen LogP contribution in [0.2, 0.25) is 10.0 Å². The van der Waals surface area contributed by atoms with Crippen LogP contribution in [0.3, 0.4) is 0 Å². The molecule has 0 atom stereocenters. The maximum atomic E-state index is 13.3. The zero-order valence-corrected chi connectivity index (χ0v) is 15.9. The number of halogens is 4. The van der Waals surface area contributed by atoms with Gasteiger partial charge in [-0.3, -0.25) is 5.32 Å². The Morgan fingerprint density at radius 2 is 1.59 bits per heavy atom. The molecule has 2 N–H and O–H groups in total. The van der Waals surface area contributed by atoms with Crippen molar-refractivity contribution in [2.24, 2.45) is 0 Å². The molecule has 0 saturated heterocycles. The van der Waals surface area contributed by atoms with Crippen molar-refractivity contribution in [3.05, 3.63) is 51.9 Å². The summed E-state index contributed by atoms with van der Waals surface area (Å²) < 4.78 is 30.9. The minimum absolute atomic E-state index is 0.110. The molecule has 1 amide bonds. The monoisotopic (exact) mass is 421 g/mol. The van der Waals surface area contributed by atoms with E-state index in [9.17, 15) is 18.4 Å². The lowest BCUT2D eigenvalue weighted by atomic mass is 10.2. The van der Waals surface area contributed by atoms with Gasteiger partial charge in [-0.2, -0.15) is 0 Å². The van der Waals surface area contributed by atoms with Crippen LogP contribution in [-0.4, -0.2) is 32.7 Å². The van der Waals surface area contributed by atoms with Gasteiger partial charge in [0.25, 0.3) is 0 Å². The van der Waals surface area contributed by atoms with E-state index in [1.165, 1.54) is 18.3 Å². The van der Waals surface area contributed by atoms with Crippen LogP contribution in [0.15, 0.2) is 24.5 Å². The fraction of sp³-hybridized carbons (Fsp3) is 0.250. The second-order valence-electron chi connectivity index (χ2n) is 5.84. The van der Waals surface area contributed by atoms with E-state index in [0.717, 1.165) is 6.20 Å². The summed E-state index contributed by atoms with van der Waals surface area (Å²) in [6.07, 6.45) is 1.65. The number of rotatable bonds is 2. The summed E-state index contributed by atoms with van der Waals surface area (Å²) in [6, 6.07) is 2.47. The van der Waals surface area contributed by atoms with Crippen molar-refractivity contribution in [1.82, 2.24) is 9.97 Å². The van der Waals surface area contributed by atoms with Crippen molar-refractivity contribution >= 4 is 41.1 Å². The number of aromatic nitrogens is 2. The summed E-state index contributed by atoms with van der Waals surface area (Å²) in [4.78, 5) is 28.4. The van der Waals surface area contributed by atoms with Gasteiger partial charge in [0.05, 0.1) is 10.0 Å². The minimum atomic E-state index is -1.43. The van der Waals surface area contributed by atoms with Crippen molar-refractivity contribution in [3.8, 4) is 0 Å². The molecule has 11 heteroatoms. The van der Waals surface area contributed by atoms with Gasteiger partial charge < -0.3 is 9.84 Å². The third-order valence-electron chi connectivity index (χ3n) is 2.51. The molecule has 0 aromatic carbocycles. The van der Waals surface area contributed by atoms with Gasteiger partial charge in [0.2, 0.25) is 0 Å². The number of anilines is 1. The first kappa shape index (κ1) is 22.5. The van der Waals surface area contributed by atoms with Crippen molar-refractivity contribution in [1.29, 1.82) is 0 Å². The van der Waals surface area contributed by atoms with Crippen molar-refractivity contribution in [2.75, 3.05) is 5.32 Å². The molecule has 2 rings (SSSR count). The van der Waals surface area contributed by atoms with Crippen LogP contribution in [0.25, 0.3) is 0 Å². The number of carbonyl (C=O) groups excluding carboxylic acids is 1. The number of nitrogens with zero attached hydrogens (tertiary/aromatic N) is 2. The molecule has 0 fully saturated rings. The Morgan fingerprint density at radius 3 is 2.07 bits per heavy atom. The van der Waals surface area contributed by atoms with E-state index < -0.39 is 35.0 Å². The highest BCUT2D eigenvalue weighted by Gasteiger charge is 2.18. The zero-order valence-electron chi connectivity index (χ0n) is 14.4. The van der Waals surface area contributed by atoms with E-state index >= 15 is 0 Å². The van der Waals surface area contributed by atoms with Gasteiger partial charge in [-0.15, -0.1) is 0 Å². The fourth-order valence-electron chi connectivity index (χ4n) is 1.48. The van der Waals surface area contributed by atoms with E-state index in [1.807, 2.05) is 0 Å². The second kappa shape index (κ2) is 9.43. The highest BCUT2D eigenvalue weighted by molar-refractivity contribution is 6.31. The van der Waals surface area contributed by atoms with E-state index in [2.05, 4.69) is 15.3 Å². The second-order valence-corrected chi connectivity index (χ2v) is 6.66. The van der Waals surface area contributed by atoms with E-state index in [0.29, 0.717) is 0 Å². The van der Waals surface area contributed by atoms with Gasteiger partial charge in [0.15, 0.2) is 23.1 Å². The normalized spacial score (nSPS) is 10.5. The number of carbonyl (C=O) groups is 2. The summed E-state index contributed by atoms with van der Waals surface area (Å²) in [5, 5.41) is 10.2. The van der Waals surface area contributed by atoms with Crippen molar-refractivity contribution < 1.29 is 28.2 Å². The molecule has 2 aromatic rings. The largest absolute Gasteiger partial charge is 0.476 e. The average molecular weight is 422 g/mol. The fourth-order valence-corrected chi connectivity index (χ4v) is 1.77. The summed E-state index contributed by atoms with van der Waals surface area (Å²) in [6.45, 7) is 5.11. The van der Waals surface area contributed by atoms with Gasteiger partial charge >= 0.3 is 12.1 Å². The number of ether oxygens (including phenoxy) is 1. The molecular weight excluding hydrogens is 407 g/mol. The highest BCUT2D eigenvalue weighted by atomic mass is 35.5. The predicted molar refractivity (Wildman–Crippen MR) is 95.2 cm³/mol. The zero-order chi connectivity index (χ0) is 20.8. The van der Waals surface area contributed by atoms with Gasteiger partial charge in [-0.1, -0.05) is 23.2 Å². The van der Waals surface area contributed by atoms with Gasteiger partial charge in [-0.25, -0.2) is 28.3 Å². The van der Waals surface area contributed by atoms with Crippen LogP contribution in [-0.2, 0) is 4.74 Å². The quantitative estimate of drug-likeness (QED) is 0.722. The Hall–Kier alpha value is -2.52. The summed E-state index contributed by atoms with van der Waals surface area (Å²) in [7, 11) is 0. The lowest BCUT2D eigenvalue weighted by Crippen LogP contribution is -2.27. The van der Waals surface area contributed by atoms with Gasteiger partial charge in [-0.05, 0) is 32.9 Å². The molecule has 27 heavy (non-hydrogen) atoms. The Bertz CT molecular complexity index is 845. The van der Waals surface area contributed by atoms with E-state index in [4.69, 9.17) is 33.0 Å². The first-order valence-electron chi connectivity index (χ1n) is 7.25. The SMILES string of the molecule is CC(C)(C)OC(=O)Nc1nccc(Cl)c1F.O=C(O)c1nccc(Cl)c1F. The molecule has 0 radical (unpaired) electrons. The van der Waals surface area contributed by atoms with Crippen molar-refractivity contribution in [2.45, 2.75) is 26.4 Å². The predicted octanol–water partition coefficient (Wildman–Crippen LogP) is 4.79. The molecular formula is C16H15Cl2F2N3O4. The number of hydrogen-bond acceptors (Lipinski definition) is 5. The van der Waals surface area contributed by atoms with Gasteiger partial charge in [0.1, 0.15) is 5.60 Å². The molecule has 0 unspecified atom stereocenters. The van der Waals surface area contributed by atoms with Crippen LogP contribution in [0.5, 0.6) is 0 Å². The first-order valence-corrected chi connectivity index (χ1v) is 8.01. The summed E-state index contributed by atoms with van der Waals surface area (Å²) >= 11 is 10.8. The Morgan fingerprint density at radius 1 is 1.07 bits per heavy atom. The Kier molecular flexibility index (Phi) is 7.86. The Labute approximate surface area is 163 Å². The topological polar surface area (TPSA) is 101 Å². The molecule has 0 bridgehead atoms. The van der Waals surface area contributed by atoms with Crippen LogP contribution in [0.4, 0.5) is 19.4 Å². The number of pyridine rings is 2. The van der Waals surface area contributed by atoms with E-state index in [-0.39, 0.29) is 15.9 Å². The first-order chi connectivity index (χ1) is 12.4. The molecule has 2 heterocycles. The lowest BCUT2D eigenvalue weighted by Gasteiger charge is -2.19. The molecule has 7 nitrogen and oxygen atoms in total. The molecule has 0 saturated carbocycles.